The molecule has 0 amide bonds. The van der Waals surface area contributed by atoms with Crippen molar-refractivity contribution in [3.05, 3.63) is 35.8 Å². The molecule has 74 valence electrons. The van der Waals surface area contributed by atoms with Gasteiger partial charge in [0.05, 0.1) is 12.6 Å². The lowest BCUT2D eigenvalue weighted by Gasteiger charge is -1.99. The van der Waals surface area contributed by atoms with Gasteiger partial charge in [0.1, 0.15) is 5.75 Å². The highest BCUT2D eigenvalue weighted by Crippen LogP contribution is 2.34. The Labute approximate surface area is 91.1 Å². The van der Waals surface area contributed by atoms with Crippen LogP contribution in [0.3, 0.4) is 0 Å². The summed E-state index contributed by atoms with van der Waals surface area (Å²) in [5.41, 5.74) is 1.02. The number of aromatic nitrogens is 1. The second-order valence-electron chi connectivity index (χ2n) is 3.35. The van der Waals surface area contributed by atoms with Gasteiger partial charge in [-0.05, 0) is 18.2 Å². The normalized spacial score (nSPS) is 11.0. The fourth-order valence-corrected chi connectivity index (χ4v) is 2.67. The first-order chi connectivity index (χ1) is 7.38. The number of nitrogens with zero attached hydrogens (tertiary/aromatic N) is 1. The number of hydrogen-bond acceptors (Lipinski definition) is 3. The highest BCUT2D eigenvalue weighted by Gasteiger charge is 2.05. The molecule has 0 radical (unpaired) electrons. The molecular weight excluding hydrogens is 206 g/mol. The van der Waals surface area contributed by atoms with Crippen molar-refractivity contribution in [1.82, 2.24) is 4.98 Å². The Balaban J connectivity index is 2.45. The minimum Gasteiger partial charge on any atom is -0.495 e. The van der Waals surface area contributed by atoms with Gasteiger partial charge in [-0.25, -0.2) is 0 Å². The maximum atomic E-state index is 5.30. The molecule has 15 heavy (non-hydrogen) atoms. The summed E-state index contributed by atoms with van der Waals surface area (Å²) in [5, 5.41) is 4.35. The first-order valence-corrected chi connectivity index (χ1v) is 5.56. The van der Waals surface area contributed by atoms with E-state index in [0.29, 0.717) is 0 Å². The molecule has 0 unspecified atom stereocenters. The maximum Gasteiger partial charge on any atom is 0.137 e. The van der Waals surface area contributed by atoms with Crippen molar-refractivity contribution in [2.75, 3.05) is 7.11 Å². The Kier molecular flexibility index (Phi) is 1.86. The molecular formula is C12H9NOS. The second kappa shape index (κ2) is 3.21. The molecule has 0 N–H and O–H groups in total. The number of pyridine rings is 1. The predicted octanol–water partition coefficient (Wildman–Crippen LogP) is 3.46. The van der Waals surface area contributed by atoms with E-state index in [2.05, 4.69) is 23.2 Å². The molecule has 0 aliphatic heterocycles. The molecule has 0 aliphatic rings. The summed E-state index contributed by atoms with van der Waals surface area (Å²) in [6.07, 6.45) is 1.81. The number of ether oxygens (including phenoxy) is 1. The standard InChI is InChI=1S/C12H9NOS/c1-14-11-7-15-12-5-8-3-2-4-13-10(8)6-9(11)12/h2-7H,1H3. The molecule has 1 aromatic carbocycles. The summed E-state index contributed by atoms with van der Waals surface area (Å²) in [4.78, 5) is 4.34. The van der Waals surface area contributed by atoms with Crippen molar-refractivity contribution in [1.29, 1.82) is 0 Å². The number of benzene rings is 1. The minimum atomic E-state index is 0.933. The van der Waals surface area contributed by atoms with Gasteiger partial charge in [-0.2, -0.15) is 0 Å². The topological polar surface area (TPSA) is 22.1 Å². The number of rotatable bonds is 1. The SMILES string of the molecule is COc1csc2cc3cccnc3cc12. The smallest absolute Gasteiger partial charge is 0.137 e. The summed E-state index contributed by atoms with van der Waals surface area (Å²) in [5.74, 6) is 0.933. The van der Waals surface area contributed by atoms with E-state index in [1.807, 2.05) is 17.6 Å². The van der Waals surface area contributed by atoms with Crippen LogP contribution in [0, 0.1) is 0 Å². The van der Waals surface area contributed by atoms with Gasteiger partial charge < -0.3 is 4.74 Å². The molecule has 0 saturated carbocycles. The molecule has 0 bridgehead atoms. The van der Waals surface area contributed by atoms with Crippen LogP contribution in [0.1, 0.15) is 0 Å². The molecule has 2 aromatic heterocycles. The monoisotopic (exact) mass is 215 g/mol. The van der Waals surface area contributed by atoms with Crippen LogP contribution in [-0.2, 0) is 0 Å². The number of thiophene rings is 1. The summed E-state index contributed by atoms with van der Waals surface area (Å²) in [6, 6.07) is 8.28. The average molecular weight is 215 g/mol. The van der Waals surface area contributed by atoms with Gasteiger partial charge in [0.25, 0.3) is 0 Å². The van der Waals surface area contributed by atoms with Gasteiger partial charge in [0, 0.05) is 27.0 Å². The molecule has 0 spiro atoms. The molecule has 0 saturated heterocycles. The van der Waals surface area contributed by atoms with E-state index in [1.165, 1.54) is 10.1 Å². The Hall–Kier alpha value is -1.61. The van der Waals surface area contributed by atoms with Gasteiger partial charge >= 0.3 is 0 Å². The van der Waals surface area contributed by atoms with Gasteiger partial charge in [-0.1, -0.05) is 6.07 Å². The molecule has 0 aliphatic carbocycles. The average Bonchev–Trinajstić information content (AvgIpc) is 2.68. The van der Waals surface area contributed by atoms with Crippen LogP contribution >= 0.6 is 11.3 Å². The van der Waals surface area contributed by atoms with Crippen LogP contribution in [-0.4, -0.2) is 12.1 Å². The zero-order valence-electron chi connectivity index (χ0n) is 8.23. The van der Waals surface area contributed by atoms with E-state index in [1.54, 1.807) is 18.4 Å². The molecule has 2 heterocycles. The maximum absolute atomic E-state index is 5.30. The first-order valence-electron chi connectivity index (χ1n) is 4.68. The molecule has 0 fully saturated rings. The van der Waals surface area contributed by atoms with Crippen LogP contribution < -0.4 is 4.74 Å². The summed E-state index contributed by atoms with van der Waals surface area (Å²) < 4.78 is 6.54. The third kappa shape index (κ3) is 1.27. The Morgan fingerprint density at radius 2 is 2.27 bits per heavy atom. The zero-order chi connectivity index (χ0) is 10.3. The lowest BCUT2D eigenvalue weighted by Crippen LogP contribution is -1.80. The number of methoxy groups -OCH3 is 1. The van der Waals surface area contributed by atoms with Gasteiger partial charge in [-0.15, -0.1) is 11.3 Å². The van der Waals surface area contributed by atoms with Crippen molar-refractivity contribution >= 4 is 32.3 Å². The van der Waals surface area contributed by atoms with Crippen molar-refractivity contribution in [3.8, 4) is 5.75 Å². The highest BCUT2D eigenvalue weighted by atomic mass is 32.1. The lowest BCUT2D eigenvalue weighted by atomic mass is 10.1. The predicted molar refractivity (Wildman–Crippen MR) is 63.7 cm³/mol. The third-order valence-electron chi connectivity index (χ3n) is 2.48. The van der Waals surface area contributed by atoms with E-state index < -0.39 is 0 Å². The fourth-order valence-electron chi connectivity index (χ4n) is 1.73. The molecule has 0 atom stereocenters. The van der Waals surface area contributed by atoms with E-state index in [-0.39, 0.29) is 0 Å². The summed E-state index contributed by atoms with van der Waals surface area (Å²) >= 11 is 1.70. The Bertz CT molecular complexity index is 630. The Morgan fingerprint density at radius 3 is 3.13 bits per heavy atom. The Morgan fingerprint density at radius 1 is 1.33 bits per heavy atom. The van der Waals surface area contributed by atoms with Crippen LogP contribution in [0.5, 0.6) is 5.75 Å². The van der Waals surface area contributed by atoms with Gasteiger partial charge in [0.15, 0.2) is 0 Å². The van der Waals surface area contributed by atoms with E-state index in [9.17, 15) is 0 Å². The summed E-state index contributed by atoms with van der Waals surface area (Å²) in [6.45, 7) is 0. The minimum absolute atomic E-state index is 0.933. The lowest BCUT2D eigenvalue weighted by molar-refractivity contribution is 0.421. The van der Waals surface area contributed by atoms with E-state index >= 15 is 0 Å². The fraction of sp³-hybridized carbons (Fsp3) is 0.0833. The zero-order valence-corrected chi connectivity index (χ0v) is 9.04. The van der Waals surface area contributed by atoms with Gasteiger partial charge in [-0.3, -0.25) is 4.98 Å². The molecule has 3 rings (SSSR count). The molecule has 2 nitrogen and oxygen atoms in total. The van der Waals surface area contributed by atoms with Crippen molar-refractivity contribution < 1.29 is 4.74 Å². The molecule has 3 aromatic rings. The van der Waals surface area contributed by atoms with Crippen molar-refractivity contribution in [3.63, 3.8) is 0 Å². The van der Waals surface area contributed by atoms with Crippen molar-refractivity contribution in [2.45, 2.75) is 0 Å². The molecule has 3 heteroatoms. The van der Waals surface area contributed by atoms with Crippen LogP contribution in [0.15, 0.2) is 35.8 Å². The quantitative estimate of drug-likeness (QED) is 0.620. The summed E-state index contributed by atoms with van der Waals surface area (Å²) in [7, 11) is 1.70. The van der Waals surface area contributed by atoms with E-state index in [4.69, 9.17) is 4.74 Å². The highest BCUT2D eigenvalue weighted by molar-refractivity contribution is 7.17. The third-order valence-corrected chi connectivity index (χ3v) is 3.41. The van der Waals surface area contributed by atoms with E-state index in [0.717, 1.165) is 16.7 Å². The van der Waals surface area contributed by atoms with Crippen LogP contribution in [0.2, 0.25) is 0 Å². The van der Waals surface area contributed by atoms with Crippen LogP contribution in [0.25, 0.3) is 21.0 Å². The van der Waals surface area contributed by atoms with Gasteiger partial charge in [0.2, 0.25) is 0 Å². The van der Waals surface area contributed by atoms with Crippen LogP contribution in [0.4, 0.5) is 0 Å². The first kappa shape index (κ1) is 8.68. The number of hydrogen-bond donors (Lipinski definition) is 0. The second-order valence-corrected chi connectivity index (χ2v) is 4.26. The largest absolute Gasteiger partial charge is 0.495 e. The van der Waals surface area contributed by atoms with Crippen molar-refractivity contribution in [2.24, 2.45) is 0 Å². The number of fused-ring (bicyclic) bond motifs is 2.